The number of rotatable bonds is 9. The summed E-state index contributed by atoms with van der Waals surface area (Å²) in [4.78, 5) is 44.6. The van der Waals surface area contributed by atoms with Crippen molar-refractivity contribution in [3.8, 4) is 16.3 Å². The number of carbonyl (C=O) groups is 3. The maximum Gasteiger partial charge on any atom is 0.273 e. The Bertz CT molecular complexity index is 1700. The van der Waals surface area contributed by atoms with Crippen LogP contribution in [0.15, 0.2) is 30.5 Å². The average molecular weight is 603 g/mol. The first-order chi connectivity index (χ1) is 20.8. The molecule has 0 unspecified atom stereocenters. The highest BCUT2D eigenvalue weighted by atomic mass is 32.2. The summed E-state index contributed by atoms with van der Waals surface area (Å²) in [7, 11) is -1.66. The lowest BCUT2D eigenvalue weighted by Crippen LogP contribution is -2.44. The molecule has 41 heavy (non-hydrogen) atoms. The molecule has 1 aliphatic heterocycles. The quantitative estimate of drug-likeness (QED) is 0.328. The van der Waals surface area contributed by atoms with Gasteiger partial charge in [0.05, 0.1) is 42.0 Å². The Hall–Kier alpha value is -4.11. The maximum absolute atomic E-state index is 12.8. The smallest absolute Gasteiger partial charge is 0.273 e. The predicted octanol–water partition coefficient (Wildman–Crippen LogP) is 1.86. The van der Waals surface area contributed by atoms with E-state index in [-0.39, 0.29) is 65.9 Å². The first kappa shape index (κ1) is 24.7. The molecule has 3 aromatic rings. The van der Waals surface area contributed by atoms with Gasteiger partial charge < -0.3 is 25.6 Å². The van der Waals surface area contributed by atoms with Crippen molar-refractivity contribution in [2.45, 2.75) is 19.3 Å². The molecule has 2 fully saturated rings. The van der Waals surface area contributed by atoms with Crippen LogP contribution in [0, 0.1) is 5.92 Å². The van der Waals surface area contributed by atoms with E-state index in [0.29, 0.717) is 26.9 Å². The van der Waals surface area contributed by atoms with Crippen LogP contribution < -0.4 is 20.7 Å². The number of anilines is 3. The molecule has 3 amide bonds. The minimum Gasteiger partial charge on any atom is -0.494 e. The lowest BCUT2D eigenvalue weighted by Gasteiger charge is -2.26. The van der Waals surface area contributed by atoms with Crippen molar-refractivity contribution in [2.75, 3.05) is 49.3 Å². The standard InChI is InChI=1S/C26H29N7O6S2/c1-27-25(36)22-19(13-20(31-32-22)30-24(35)15-6-7-15)29-18-5-3-4-17(23(18)39-2)26-28-14-16(40-26)12-21(34)33-8-10-41(37,38)11-9-33/h3-5,13-15H,6-12H2,1-2H3,(H,27,36)(H2,29,30,31,35)/i1D3. The van der Waals surface area contributed by atoms with Crippen LogP contribution in [0.2, 0.25) is 0 Å². The summed E-state index contributed by atoms with van der Waals surface area (Å²) in [6.45, 7) is -2.45. The molecular weight excluding hydrogens is 570 g/mol. The minimum absolute atomic E-state index is 0.0510. The summed E-state index contributed by atoms with van der Waals surface area (Å²) < 4.78 is 51.3. The second-order valence-corrected chi connectivity index (χ2v) is 13.0. The largest absolute Gasteiger partial charge is 0.494 e. The predicted molar refractivity (Wildman–Crippen MR) is 153 cm³/mol. The zero-order chi connectivity index (χ0) is 31.6. The molecular formula is C26H29N7O6S2. The van der Waals surface area contributed by atoms with Gasteiger partial charge in [0.15, 0.2) is 27.1 Å². The van der Waals surface area contributed by atoms with Crippen LogP contribution in [0.3, 0.4) is 0 Å². The van der Waals surface area contributed by atoms with Crippen LogP contribution in [-0.4, -0.2) is 84.9 Å². The second-order valence-electron chi connectivity index (χ2n) is 9.56. The van der Waals surface area contributed by atoms with Gasteiger partial charge in [-0.15, -0.1) is 21.5 Å². The highest BCUT2D eigenvalue weighted by molar-refractivity contribution is 7.91. The highest BCUT2D eigenvalue weighted by Crippen LogP contribution is 2.40. The van der Waals surface area contributed by atoms with Crippen molar-refractivity contribution in [1.82, 2.24) is 25.4 Å². The zero-order valence-corrected chi connectivity index (χ0v) is 23.6. The van der Waals surface area contributed by atoms with Crippen molar-refractivity contribution in [1.29, 1.82) is 0 Å². The molecule has 5 rings (SSSR count). The molecule has 13 nitrogen and oxygen atoms in total. The van der Waals surface area contributed by atoms with Crippen LogP contribution >= 0.6 is 11.3 Å². The van der Waals surface area contributed by atoms with E-state index in [9.17, 15) is 22.8 Å². The Balaban J connectivity index is 1.40. The number of carbonyl (C=O) groups excluding carboxylic acids is 3. The molecule has 2 aromatic heterocycles. The van der Waals surface area contributed by atoms with Gasteiger partial charge >= 0.3 is 0 Å². The molecule has 0 radical (unpaired) electrons. The van der Waals surface area contributed by atoms with Crippen molar-refractivity contribution >= 4 is 56.1 Å². The number of nitrogens with zero attached hydrogens (tertiary/aromatic N) is 4. The molecule has 0 atom stereocenters. The Morgan fingerprint density at radius 1 is 1.17 bits per heavy atom. The SMILES string of the molecule is [2H]C([2H])([2H])NC(=O)c1nnc(NC(=O)C2CC2)cc1Nc1cccc(-c2ncc(CC(=O)N3CCS(=O)(=O)CC3)s2)c1OC. The summed E-state index contributed by atoms with van der Waals surface area (Å²) >= 11 is 1.27. The van der Waals surface area contributed by atoms with Crippen LogP contribution in [0.4, 0.5) is 17.2 Å². The molecule has 1 saturated heterocycles. The van der Waals surface area contributed by atoms with E-state index in [1.54, 1.807) is 24.4 Å². The van der Waals surface area contributed by atoms with Gasteiger partial charge in [-0.2, -0.15) is 0 Å². The first-order valence-corrected chi connectivity index (χ1v) is 15.3. The number of para-hydroxylation sites is 1. The molecule has 0 bridgehead atoms. The Labute approximate surface area is 244 Å². The third-order valence-corrected chi connectivity index (χ3v) is 9.26. The van der Waals surface area contributed by atoms with Crippen LogP contribution in [0.1, 0.15) is 32.3 Å². The third-order valence-electron chi connectivity index (χ3n) is 6.62. The van der Waals surface area contributed by atoms with Crippen LogP contribution in [0.5, 0.6) is 5.75 Å². The molecule has 1 aliphatic carbocycles. The molecule has 15 heteroatoms. The Kier molecular flexibility index (Phi) is 7.09. The van der Waals surface area contributed by atoms with Gasteiger partial charge in [0.25, 0.3) is 5.91 Å². The van der Waals surface area contributed by atoms with E-state index in [1.165, 1.54) is 29.4 Å². The number of amides is 3. The van der Waals surface area contributed by atoms with Crippen LogP contribution in [-0.2, 0) is 25.8 Å². The number of nitrogens with one attached hydrogen (secondary N) is 3. The third kappa shape index (κ3) is 6.62. The van der Waals surface area contributed by atoms with Crippen molar-refractivity contribution in [3.05, 3.63) is 41.0 Å². The van der Waals surface area contributed by atoms with E-state index in [1.807, 2.05) is 5.32 Å². The fourth-order valence-corrected chi connectivity index (χ4v) is 6.38. The molecule has 216 valence electrons. The van der Waals surface area contributed by atoms with E-state index >= 15 is 0 Å². The number of sulfone groups is 1. The van der Waals surface area contributed by atoms with Crippen LogP contribution in [0.25, 0.3) is 10.6 Å². The number of methoxy groups -OCH3 is 1. The Morgan fingerprint density at radius 2 is 1.95 bits per heavy atom. The van der Waals surface area contributed by atoms with Crippen molar-refractivity contribution in [3.63, 3.8) is 0 Å². The lowest BCUT2D eigenvalue weighted by atomic mass is 10.1. The van der Waals surface area contributed by atoms with Gasteiger partial charge in [-0.1, -0.05) is 6.07 Å². The maximum atomic E-state index is 12.8. The van der Waals surface area contributed by atoms with E-state index < -0.39 is 22.7 Å². The van der Waals surface area contributed by atoms with Gasteiger partial charge in [-0.3, -0.25) is 14.4 Å². The summed E-state index contributed by atoms with van der Waals surface area (Å²) in [6.07, 6.45) is 3.18. The molecule has 1 saturated carbocycles. The van der Waals surface area contributed by atoms with Gasteiger partial charge in [0.1, 0.15) is 5.01 Å². The van der Waals surface area contributed by atoms with Gasteiger partial charge in [-0.05, 0) is 25.0 Å². The number of thiazole rings is 1. The highest BCUT2D eigenvalue weighted by Gasteiger charge is 2.30. The molecule has 0 spiro atoms. The molecule has 3 N–H and O–H groups in total. The Morgan fingerprint density at radius 3 is 2.66 bits per heavy atom. The average Bonchev–Trinajstić information content (AvgIpc) is 3.71. The number of aromatic nitrogens is 3. The minimum atomic E-state index is -3.11. The summed E-state index contributed by atoms with van der Waals surface area (Å²) in [5.74, 6) is -1.22. The normalized spacial score (nSPS) is 17.5. The first-order valence-electron chi connectivity index (χ1n) is 14.2. The molecule has 3 heterocycles. The topological polar surface area (TPSA) is 173 Å². The van der Waals surface area contributed by atoms with Gasteiger partial charge in [0.2, 0.25) is 11.8 Å². The number of benzene rings is 1. The van der Waals surface area contributed by atoms with E-state index in [2.05, 4.69) is 25.8 Å². The monoisotopic (exact) mass is 602 g/mol. The number of ether oxygens (including phenoxy) is 1. The van der Waals surface area contributed by atoms with Crippen molar-refractivity contribution < 1.29 is 31.7 Å². The second kappa shape index (κ2) is 11.8. The molecule has 2 aliphatic rings. The molecule has 1 aromatic carbocycles. The number of hydrogen-bond donors (Lipinski definition) is 3. The summed E-state index contributed by atoms with van der Waals surface area (Å²) in [5, 5.41) is 15.9. The van der Waals surface area contributed by atoms with Crippen molar-refractivity contribution in [2.24, 2.45) is 5.92 Å². The fourth-order valence-electron chi connectivity index (χ4n) is 4.25. The van der Waals surface area contributed by atoms with E-state index in [4.69, 9.17) is 8.85 Å². The lowest BCUT2D eigenvalue weighted by molar-refractivity contribution is -0.130. The fraction of sp³-hybridized carbons (Fsp3) is 0.385. The van der Waals surface area contributed by atoms with Gasteiger partial charge in [-0.25, -0.2) is 13.4 Å². The summed E-state index contributed by atoms with van der Waals surface area (Å²) in [5.41, 5.74) is 0.696. The zero-order valence-electron chi connectivity index (χ0n) is 25.0. The van der Waals surface area contributed by atoms with E-state index in [0.717, 1.165) is 12.8 Å². The van der Waals surface area contributed by atoms with Gasteiger partial charge in [0, 0.05) is 47.2 Å². The summed E-state index contributed by atoms with van der Waals surface area (Å²) in [6, 6.07) is 6.53. The number of hydrogen-bond acceptors (Lipinski definition) is 11.